The van der Waals surface area contributed by atoms with Gasteiger partial charge in [0.2, 0.25) is 0 Å². The van der Waals surface area contributed by atoms with Crippen LogP contribution in [0.3, 0.4) is 0 Å². The number of nitrogens with zero attached hydrogens (tertiary/aromatic N) is 1. The van der Waals surface area contributed by atoms with Gasteiger partial charge in [0.25, 0.3) is 0 Å². The Morgan fingerprint density at radius 2 is 1.87 bits per heavy atom. The average Bonchev–Trinajstić information content (AvgIpc) is 2.40. The summed E-state index contributed by atoms with van der Waals surface area (Å²) >= 11 is 0. The Bertz CT molecular complexity index is 377. The summed E-state index contributed by atoms with van der Waals surface area (Å²) in [5, 5.41) is 8.99. The second kappa shape index (κ2) is 4.09. The van der Waals surface area contributed by atoms with Crippen molar-refractivity contribution in [2.75, 3.05) is 0 Å². The predicted octanol–water partition coefficient (Wildman–Crippen LogP) is 2.87. The van der Waals surface area contributed by atoms with Crippen LogP contribution < -0.4 is 0 Å². The monoisotopic (exact) mass is 209 g/mol. The lowest BCUT2D eigenvalue weighted by Crippen LogP contribution is -2.10. The molecule has 84 valence electrons. The molecule has 0 amide bonds. The Hall–Kier alpha value is -1.25. The summed E-state index contributed by atoms with van der Waals surface area (Å²) in [4.78, 5) is 10.9. The topological polar surface area (TPSA) is 42.2 Å². The van der Waals surface area contributed by atoms with Crippen LogP contribution in [0.1, 0.15) is 49.7 Å². The van der Waals surface area contributed by atoms with Crippen molar-refractivity contribution in [1.29, 1.82) is 0 Å². The van der Waals surface area contributed by atoms with Crippen molar-refractivity contribution in [2.45, 2.75) is 46.6 Å². The first-order chi connectivity index (χ1) is 6.86. The van der Waals surface area contributed by atoms with Crippen molar-refractivity contribution in [3.8, 4) is 0 Å². The smallest absolute Gasteiger partial charge is 0.310 e. The molecule has 0 aromatic carbocycles. The number of aryl methyl sites for hydroxylation is 1. The fourth-order valence-corrected chi connectivity index (χ4v) is 2.17. The third-order valence-corrected chi connectivity index (χ3v) is 2.88. The van der Waals surface area contributed by atoms with Crippen LogP contribution in [-0.2, 0) is 4.79 Å². The van der Waals surface area contributed by atoms with Crippen LogP contribution in [0.25, 0.3) is 0 Å². The van der Waals surface area contributed by atoms with E-state index in [4.69, 9.17) is 5.11 Å². The maximum atomic E-state index is 10.9. The maximum Gasteiger partial charge on any atom is 0.310 e. The van der Waals surface area contributed by atoms with E-state index in [2.05, 4.69) is 18.4 Å². The zero-order valence-corrected chi connectivity index (χ0v) is 10.0. The first-order valence-electron chi connectivity index (χ1n) is 5.27. The number of carbonyl (C=O) groups is 1. The molecule has 15 heavy (non-hydrogen) atoms. The van der Waals surface area contributed by atoms with Gasteiger partial charge in [-0.3, -0.25) is 4.79 Å². The summed E-state index contributed by atoms with van der Waals surface area (Å²) < 4.78 is 2.18. The zero-order chi connectivity index (χ0) is 11.7. The van der Waals surface area contributed by atoms with E-state index in [1.54, 1.807) is 6.92 Å². The Labute approximate surface area is 90.7 Å². The molecule has 0 saturated heterocycles. The van der Waals surface area contributed by atoms with Crippen LogP contribution in [0.15, 0.2) is 6.07 Å². The minimum absolute atomic E-state index is 0.375. The van der Waals surface area contributed by atoms with Gasteiger partial charge in [-0.2, -0.15) is 0 Å². The number of carboxylic acids is 1. The van der Waals surface area contributed by atoms with Gasteiger partial charge in [0.1, 0.15) is 0 Å². The minimum atomic E-state index is -0.765. The third kappa shape index (κ3) is 2.06. The van der Waals surface area contributed by atoms with E-state index in [1.165, 1.54) is 0 Å². The van der Waals surface area contributed by atoms with Crippen molar-refractivity contribution in [2.24, 2.45) is 0 Å². The SMILES string of the molecule is Cc1cc(C(C)C(=O)O)c(C)n1C(C)C. The van der Waals surface area contributed by atoms with Crippen LogP contribution in [0.4, 0.5) is 0 Å². The van der Waals surface area contributed by atoms with Crippen molar-refractivity contribution >= 4 is 5.97 Å². The molecular formula is C12H19NO2. The fraction of sp³-hybridized carbons (Fsp3) is 0.583. The van der Waals surface area contributed by atoms with Crippen molar-refractivity contribution < 1.29 is 9.90 Å². The molecule has 1 aromatic heterocycles. The molecule has 0 fully saturated rings. The molecule has 3 heteroatoms. The molecule has 1 heterocycles. The number of hydrogen-bond donors (Lipinski definition) is 1. The molecule has 1 N–H and O–H groups in total. The van der Waals surface area contributed by atoms with Gasteiger partial charge in [-0.1, -0.05) is 0 Å². The summed E-state index contributed by atoms with van der Waals surface area (Å²) in [5.41, 5.74) is 3.12. The molecule has 0 bridgehead atoms. The van der Waals surface area contributed by atoms with Gasteiger partial charge in [-0.15, -0.1) is 0 Å². The molecule has 1 atom stereocenters. The number of aliphatic carboxylic acids is 1. The zero-order valence-electron chi connectivity index (χ0n) is 10.0. The van der Waals surface area contributed by atoms with Gasteiger partial charge in [-0.25, -0.2) is 0 Å². The molecule has 1 aromatic rings. The van der Waals surface area contributed by atoms with E-state index in [0.29, 0.717) is 6.04 Å². The summed E-state index contributed by atoms with van der Waals surface area (Å²) in [6, 6.07) is 2.36. The fourth-order valence-electron chi connectivity index (χ4n) is 2.17. The van der Waals surface area contributed by atoms with Crippen LogP contribution in [-0.4, -0.2) is 15.6 Å². The van der Waals surface area contributed by atoms with E-state index in [0.717, 1.165) is 17.0 Å². The molecule has 0 radical (unpaired) electrons. The van der Waals surface area contributed by atoms with Crippen molar-refractivity contribution in [1.82, 2.24) is 4.57 Å². The molecule has 0 saturated carbocycles. The predicted molar refractivity (Wildman–Crippen MR) is 60.3 cm³/mol. The Morgan fingerprint density at radius 1 is 1.33 bits per heavy atom. The summed E-state index contributed by atoms with van der Waals surface area (Å²) in [6.07, 6.45) is 0. The Morgan fingerprint density at radius 3 is 2.20 bits per heavy atom. The number of rotatable bonds is 3. The lowest BCUT2D eigenvalue weighted by atomic mass is 10.0. The highest BCUT2D eigenvalue weighted by atomic mass is 16.4. The lowest BCUT2D eigenvalue weighted by molar-refractivity contribution is -0.138. The molecule has 1 rings (SSSR count). The molecule has 0 aliphatic heterocycles. The molecule has 0 aliphatic rings. The normalized spacial score (nSPS) is 13.2. The second-order valence-corrected chi connectivity index (χ2v) is 4.35. The van der Waals surface area contributed by atoms with Gasteiger partial charge >= 0.3 is 5.97 Å². The third-order valence-electron chi connectivity index (χ3n) is 2.88. The van der Waals surface area contributed by atoms with Crippen LogP contribution in [0.2, 0.25) is 0 Å². The van der Waals surface area contributed by atoms with Crippen molar-refractivity contribution in [3.63, 3.8) is 0 Å². The molecule has 0 aliphatic carbocycles. The average molecular weight is 209 g/mol. The van der Waals surface area contributed by atoms with E-state index >= 15 is 0 Å². The van der Waals surface area contributed by atoms with Crippen LogP contribution in [0, 0.1) is 13.8 Å². The Kier molecular flexibility index (Phi) is 3.22. The summed E-state index contributed by atoms with van der Waals surface area (Å²) in [7, 11) is 0. The van der Waals surface area contributed by atoms with E-state index < -0.39 is 11.9 Å². The number of carboxylic acid groups (broad SMARTS) is 1. The lowest BCUT2D eigenvalue weighted by Gasteiger charge is -2.14. The first kappa shape index (κ1) is 11.8. The highest BCUT2D eigenvalue weighted by Gasteiger charge is 2.20. The highest BCUT2D eigenvalue weighted by Crippen LogP contribution is 2.26. The summed E-state index contributed by atoms with van der Waals surface area (Å²) in [6.45, 7) is 9.95. The van der Waals surface area contributed by atoms with Gasteiger partial charge in [0, 0.05) is 17.4 Å². The standard InChI is InChI=1S/C12H19NO2/c1-7(2)13-8(3)6-11(10(13)5)9(4)12(14)15/h6-7,9H,1-5H3,(H,14,15). The molecule has 0 spiro atoms. The highest BCUT2D eigenvalue weighted by molar-refractivity contribution is 5.76. The van der Waals surface area contributed by atoms with E-state index in [1.807, 2.05) is 19.9 Å². The van der Waals surface area contributed by atoms with Crippen LogP contribution in [0.5, 0.6) is 0 Å². The maximum absolute atomic E-state index is 10.9. The summed E-state index contributed by atoms with van der Waals surface area (Å²) in [5.74, 6) is -1.19. The van der Waals surface area contributed by atoms with Gasteiger partial charge in [-0.05, 0) is 46.2 Å². The van der Waals surface area contributed by atoms with E-state index in [9.17, 15) is 4.79 Å². The van der Waals surface area contributed by atoms with Gasteiger partial charge < -0.3 is 9.67 Å². The van der Waals surface area contributed by atoms with Crippen molar-refractivity contribution in [3.05, 3.63) is 23.0 Å². The van der Waals surface area contributed by atoms with E-state index in [-0.39, 0.29) is 0 Å². The molecule has 3 nitrogen and oxygen atoms in total. The second-order valence-electron chi connectivity index (χ2n) is 4.35. The van der Waals surface area contributed by atoms with Gasteiger partial charge in [0.05, 0.1) is 5.92 Å². The first-order valence-corrected chi connectivity index (χ1v) is 5.27. The van der Waals surface area contributed by atoms with Gasteiger partial charge in [0.15, 0.2) is 0 Å². The van der Waals surface area contributed by atoms with Crippen LogP contribution >= 0.6 is 0 Å². The largest absolute Gasteiger partial charge is 0.481 e. The minimum Gasteiger partial charge on any atom is -0.481 e. The number of hydrogen-bond acceptors (Lipinski definition) is 1. The molecular weight excluding hydrogens is 190 g/mol. The molecule has 1 unspecified atom stereocenters. The Balaban J connectivity index is 3.23. The number of aromatic nitrogens is 1. The quantitative estimate of drug-likeness (QED) is 0.831.